The summed E-state index contributed by atoms with van der Waals surface area (Å²) in [6, 6.07) is 12.6. The molecule has 1 aliphatic rings. The van der Waals surface area contributed by atoms with E-state index in [1.165, 1.54) is 17.7 Å². The molecule has 2 aromatic carbocycles. The fourth-order valence-corrected chi connectivity index (χ4v) is 3.06. The molecule has 0 radical (unpaired) electrons. The molecule has 20 heavy (non-hydrogen) atoms. The molecule has 0 saturated carbocycles. The molecule has 1 unspecified atom stereocenters. The summed E-state index contributed by atoms with van der Waals surface area (Å²) in [7, 11) is 1.65. The van der Waals surface area contributed by atoms with Crippen LogP contribution in [0.1, 0.15) is 29.5 Å². The molecule has 0 bridgehead atoms. The van der Waals surface area contributed by atoms with Gasteiger partial charge in [0.2, 0.25) is 0 Å². The van der Waals surface area contributed by atoms with Crippen LogP contribution in [0.4, 0.5) is 4.39 Å². The van der Waals surface area contributed by atoms with Gasteiger partial charge in [0.15, 0.2) is 0 Å². The zero-order valence-corrected chi connectivity index (χ0v) is 11.5. The van der Waals surface area contributed by atoms with Gasteiger partial charge in [-0.1, -0.05) is 18.2 Å². The largest absolute Gasteiger partial charge is 0.497 e. The highest BCUT2D eigenvalue weighted by atomic mass is 19.1. The zero-order valence-electron chi connectivity index (χ0n) is 11.5. The van der Waals surface area contributed by atoms with E-state index in [-0.39, 0.29) is 5.82 Å². The average molecular weight is 271 g/mol. The fourth-order valence-electron chi connectivity index (χ4n) is 3.06. The first-order valence-electron chi connectivity index (χ1n) is 6.86. The van der Waals surface area contributed by atoms with Crippen molar-refractivity contribution >= 4 is 0 Å². The summed E-state index contributed by atoms with van der Waals surface area (Å²) in [5.41, 5.74) is 9.43. The Labute approximate surface area is 118 Å². The van der Waals surface area contributed by atoms with Crippen LogP contribution in [0.3, 0.4) is 0 Å². The third kappa shape index (κ3) is 2.08. The number of methoxy groups -OCH3 is 1. The zero-order chi connectivity index (χ0) is 14.2. The maximum atomic E-state index is 13.1. The minimum atomic E-state index is -0.560. The quantitative estimate of drug-likeness (QED) is 0.909. The Morgan fingerprint density at radius 3 is 2.60 bits per heavy atom. The number of nitrogens with two attached hydrogens (primary N) is 1. The van der Waals surface area contributed by atoms with Gasteiger partial charge in [-0.25, -0.2) is 4.39 Å². The SMILES string of the molecule is COc1ccc2c(c1)C(N)(c1ccc(F)cc1)CCC2. The summed E-state index contributed by atoms with van der Waals surface area (Å²) >= 11 is 0. The lowest BCUT2D eigenvalue weighted by atomic mass is 9.73. The van der Waals surface area contributed by atoms with Crippen molar-refractivity contribution in [1.29, 1.82) is 0 Å². The van der Waals surface area contributed by atoms with Crippen molar-refractivity contribution in [3.8, 4) is 5.75 Å². The van der Waals surface area contributed by atoms with Gasteiger partial charge in [-0.15, -0.1) is 0 Å². The standard InChI is InChI=1S/C17H18FNO/c1-20-15-9-4-12-3-2-10-17(19,16(12)11-15)13-5-7-14(18)8-6-13/h4-9,11H,2-3,10,19H2,1H3. The first-order chi connectivity index (χ1) is 9.63. The summed E-state index contributed by atoms with van der Waals surface area (Å²) in [6.07, 6.45) is 2.92. The smallest absolute Gasteiger partial charge is 0.123 e. The number of rotatable bonds is 2. The van der Waals surface area contributed by atoms with Gasteiger partial charge in [-0.2, -0.15) is 0 Å². The predicted molar refractivity (Wildman–Crippen MR) is 77.3 cm³/mol. The molecule has 0 aliphatic heterocycles. The molecule has 2 N–H and O–H groups in total. The van der Waals surface area contributed by atoms with Crippen LogP contribution in [0, 0.1) is 5.82 Å². The number of halogens is 1. The number of hydrogen-bond donors (Lipinski definition) is 1. The van der Waals surface area contributed by atoms with E-state index in [9.17, 15) is 4.39 Å². The number of hydrogen-bond acceptors (Lipinski definition) is 2. The van der Waals surface area contributed by atoms with Gasteiger partial charge in [0.25, 0.3) is 0 Å². The second kappa shape index (κ2) is 4.91. The number of benzene rings is 2. The number of aryl methyl sites for hydroxylation is 1. The molecule has 0 heterocycles. The van der Waals surface area contributed by atoms with E-state index in [1.807, 2.05) is 12.1 Å². The average Bonchev–Trinajstić information content (AvgIpc) is 2.48. The van der Waals surface area contributed by atoms with Crippen molar-refractivity contribution in [2.45, 2.75) is 24.8 Å². The first kappa shape index (κ1) is 13.1. The molecular formula is C17H18FNO. The van der Waals surface area contributed by atoms with E-state index in [1.54, 1.807) is 19.2 Å². The van der Waals surface area contributed by atoms with Crippen LogP contribution < -0.4 is 10.5 Å². The van der Waals surface area contributed by atoms with Crippen LogP contribution in [0.5, 0.6) is 5.75 Å². The lowest BCUT2D eigenvalue weighted by molar-refractivity contribution is 0.404. The number of ether oxygens (including phenoxy) is 1. The molecule has 1 aliphatic carbocycles. The predicted octanol–water partition coefficient (Wildman–Crippen LogP) is 3.37. The van der Waals surface area contributed by atoms with Gasteiger partial charge in [0.1, 0.15) is 11.6 Å². The van der Waals surface area contributed by atoms with Gasteiger partial charge in [-0.3, -0.25) is 0 Å². The molecule has 0 saturated heterocycles. The van der Waals surface area contributed by atoms with Gasteiger partial charge in [-0.05, 0) is 60.2 Å². The van der Waals surface area contributed by atoms with E-state index < -0.39 is 5.54 Å². The first-order valence-corrected chi connectivity index (χ1v) is 6.86. The fraction of sp³-hybridized carbons (Fsp3) is 0.294. The molecule has 2 aromatic rings. The molecule has 3 heteroatoms. The van der Waals surface area contributed by atoms with Crippen molar-refractivity contribution in [3.63, 3.8) is 0 Å². The Morgan fingerprint density at radius 2 is 1.90 bits per heavy atom. The van der Waals surface area contributed by atoms with Crippen LogP contribution in [-0.4, -0.2) is 7.11 Å². The van der Waals surface area contributed by atoms with E-state index in [2.05, 4.69) is 6.07 Å². The maximum Gasteiger partial charge on any atom is 0.123 e. The van der Waals surface area contributed by atoms with Crippen molar-refractivity contribution in [2.24, 2.45) is 5.73 Å². The molecule has 104 valence electrons. The minimum absolute atomic E-state index is 0.237. The summed E-state index contributed by atoms with van der Waals surface area (Å²) in [5, 5.41) is 0. The molecule has 0 amide bonds. The molecule has 3 rings (SSSR count). The highest BCUT2D eigenvalue weighted by Crippen LogP contribution is 2.40. The lowest BCUT2D eigenvalue weighted by Gasteiger charge is -2.36. The van der Waals surface area contributed by atoms with Gasteiger partial charge < -0.3 is 10.5 Å². The monoisotopic (exact) mass is 271 g/mol. The van der Waals surface area contributed by atoms with Crippen LogP contribution >= 0.6 is 0 Å². The third-order valence-electron chi connectivity index (χ3n) is 4.17. The molecule has 0 spiro atoms. The molecule has 0 aromatic heterocycles. The topological polar surface area (TPSA) is 35.2 Å². The Balaban J connectivity index is 2.13. The van der Waals surface area contributed by atoms with Crippen LogP contribution in [0.2, 0.25) is 0 Å². The molecule has 1 atom stereocenters. The normalized spacial score (nSPS) is 21.4. The van der Waals surface area contributed by atoms with E-state index in [0.29, 0.717) is 0 Å². The molecular weight excluding hydrogens is 253 g/mol. The van der Waals surface area contributed by atoms with Crippen LogP contribution in [0.15, 0.2) is 42.5 Å². The Morgan fingerprint density at radius 1 is 1.15 bits per heavy atom. The van der Waals surface area contributed by atoms with Crippen molar-refractivity contribution in [2.75, 3.05) is 7.11 Å². The minimum Gasteiger partial charge on any atom is -0.497 e. The second-order valence-corrected chi connectivity index (χ2v) is 5.35. The summed E-state index contributed by atoms with van der Waals surface area (Å²) < 4.78 is 18.4. The maximum absolute atomic E-state index is 13.1. The van der Waals surface area contributed by atoms with Gasteiger partial charge in [0, 0.05) is 0 Å². The van der Waals surface area contributed by atoms with Gasteiger partial charge in [0.05, 0.1) is 12.6 Å². The van der Waals surface area contributed by atoms with Crippen LogP contribution in [0.25, 0.3) is 0 Å². The summed E-state index contributed by atoms with van der Waals surface area (Å²) in [6.45, 7) is 0. The van der Waals surface area contributed by atoms with E-state index >= 15 is 0 Å². The van der Waals surface area contributed by atoms with Crippen molar-refractivity contribution in [1.82, 2.24) is 0 Å². The summed E-state index contributed by atoms with van der Waals surface area (Å²) in [5.74, 6) is 0.571. The number of fused-ring (bicyclic) bond motifs is 1. The molecule has 0 fully saturated rings. The van der Waals surface area contributed by atoms with Gasteiger partial charge >= 0.3 is 0 Å². The van der Waals surface area contributed by atoms with Crippen LogP contribution in [-0.2, 0) is 12.0 Å². The van der Waals surface area contributed by atoms with Crippen molar-refractivity contribution < 1.29 is 9.13 Å². The third-order valence-corrected chi connectivity index (χ3v) is 4.17. The summed E-state index contributed by atoms with van der Waals surface area (Å²) in [4.78, 5) is 0. The lowest BCUT2D eigenvalue weighted by Crippen LogP contribution is -2.41. The molecule has 2 nitrogen and oxygen atoms in total. The Kier molecular flexibility index (Phi) is 3.22. The Hall–Kier alpha value is -1.87. The highest BCUT2D eigenvalue weighted by Gasteiger charge is 2.34. The Bertz CT molecular complexity index is 623. The highest BCUT2D eigenvalue weighted by molar-refractivity contribution is 5.47. The second-order valence-electron chi connectivity index (χ2n) is 5.35. The van der Waals surface area contributed by atoms with Crippen molar-refractivity contribution in [3.05, 3.63) is 65.0 Å². The van der Waals surface area contributed by atoms with E-state index in [4.69, 9.17) is 10.5 Å². The van der Waals surface area contributed by atoms with E-state index in [0.717, 1.165) is 36.1 Å².